The first-order valence-corrected chi connectivity index (χ1v) is 12.1. The van der Waals surface area contributed by atoms with Gasteiger partial charge in [0.1, 0.15) is 12.1 Å². The molecule has 2 heterocycles. The Morgan fingerprint density at radius 3 is 2.65 bits per heavy atom. The molecule has 1 aromatic rings. The lowest BCUT2D eigenvalue weighted by molar-refractivity contribution is -0.136. The molecule has 1 aliphatic heterocycles. The van der Waals surface area contributed by atoms with Crippen molar-refractivity contribution in [1.82, 2.24) is 21.1 Å². The zero-order valence-corrected chi connectivity index (χ0v) is 18.7. The van der Waals surface area contributed by atoms with Gasteiger partial charge in [-0.3, -0.25) is 30.1 Å². The van der Waals surface area contributed by atoms with E-state index >= 15 is 0 Å². The molecule has 2 aliphatic carbocycles. The van der Waals surface area contributed by atoms with Crippen molar-refractivity contribution in [2.24, 2.45) is 5.92 Å². The highest BCUT2D eigenvalue weighted by atomic mass is 32.1. The second-order valence-corrected chi connectivity index (χ2v) is 10.0. The molecular weight excluding hydrogens is 416 g/mol. The Morgan fingerprint density at radius 2 is 1.90 bits per heavy atom. The van der Waals surface area contributed by atoms with E-state index in [2.05, 4.69) is 23.1 Å². The maximum Gasteiger partial charge on any atom is 0.325 e. The molecule has 4 rings (SSSR count). The number of aryl methyl sites for hydroxylation is 2. The molecule has 0 aromatic carbocycles. The summed E-state index contributed by atoms with van der Waals surface area (Å²) in [5, 5.41) is 2.81. The highest BCUT2D eigenvalue weighted by Gasteiger charge is 2.52. The summed E-state index contributed by atoms with van der Waals surface area (Å²) >= 11 is 1.47. The van der Waals surface area contributed by atoms with Crippen LogP contribution in [0.15, 0.2) is 6.07 Å². The molecule has 168 valence electrons. The number of carbonyl (C=O) groups excluding carboxylic acids is 4. The van der Waals surface area contributed by atoms with Crippen LogP contribution < -0.4 is 16.2 Å². The average molecular weight is 447 g/mol. The Kier molecular flexibility index (Phi) is 6.31. The van der Waals surface area contributed by atoms with Crippen LogP contribution in [-0.2, 0) is 22.4 Å². The van der Waals surface area contributed by atoms with E-state index in [4.69, 9.17) is 0 Å². The van der Waals surface area contributed by atoms with Crippen molar-refractivity contribution in [1.29, 1.82) is 0 Å². The molecular formula is C22H30N4O4S. The Morgan fingerprint density at radius 1 is 1.16 bits per heavy atom. The van der Waals surface area contributed by atoms with Gasteiger partial charge < -0.3 is 5.32 Å². The molecule has 0 unspecified atom stereocenters. The van der Waals surface area contributed by atoms with Crippen molar-refractivity contribution in [2.45, 2.75) is 76.7 Å². The summed E-state index contributed by atoms with van der Waals surface area (Å²) in [6, 6.07) is 1.36. The van der Waals surface area contributed by atoms with Crippen LogP contribution >= 0.6 is 11.3 Å². The monoisotopic (exact) mass is 446 g/mol. The van der Waals surface area contributed by atoms with Crippen LogP contribution in [0.2, 0.25) is 0 Å². The van der Waals surface area contributed by atoms with Crippen LogP contribution in [0.5, 0.6) is 0 Å². The number of imide groups is 1. The smallest absolute Gasteiger partial charge is 0.323 e. The van der Waals surface area contributed by atoms with Crippen LogP contribution in [0, 0.1) is 5.92 Å². The minimum atomic E-state index is -0.874. The van der Waals surface area contributed by atoms with E-state index in [1.54, 1.807) is 0 Å². The van der Waals surface area contributed by atoms with Crippen molar-refractivity contribution in [3.05, 3.63) is 21.4 Å². The van der Waals surface area contributed by atoms with Gasteiger partial charge in [0.2, 0.25) is 0 Å². The predicted molar refractivity (Wildman–Crippen MR) is 116 cm³/mol. The SMILES string of the molecule is CCC1CCC2(CC1)NC(=O)N(CC(=O)NNC(=O)c1cc3c(s1)CCCCC3)C2=O. The van der Waals surface area contributed by atoms with E-state index in [0.29, 0.717) is 23.6 Å². The summed E-state index contributed by atoms with van der Waals surface area (Å²) < 4.78 is 0. The summed E-state index contributed by atoms with van der Waals surface area (Å²) in [4.78, 5) is 52.8. The zero-order valence-electron chi connectivity index (χ0n) is 17.9. The van der Waals surface area contributed by atoms with Crippen molar-refractivity contribution >= 4 is 35.1 Å². The zero-order chi connectivity index (χ0) is 22.0. The first-order chi connectivity index (χ1) is 14.9. The van der Waals surface area contributed by atoms with Crippen molar-refractivity contribution in [3.63, 3.8) is 0 Å². The van der Waals surface area contributed by atoms with E-state index in [1.807, 2.05) is 6.07 Å². The number of rotatable bonds is 4. The quantitative estimate of drug-likeness (QED) is 0.375. The van der Waals surface area contributed by atoms with Crippen LogP contribution in [0.25, 0.3) is 0 Å². The van der Waals surface area contributed by atoms with Gasteiger partial charge in [-0.1, -0.05) is 19.8 Å². The molecule has 0 bridgehead atoms. The fourth-order valence-electron chi connectivity index (χ4n) is 4.89. The van der Waals surface area contributed by atoms with E-state index < -0.39 is 24.0 Å². The van der Waals surface area contributed by atoms with Gasteiger partial charge in [0.05, 0.1) is 4.88 Å². The largest absolute Gasteiger partial charge is 0.325 e. The molecule has 2 fully saturated rings. The molecule has 8 nitrogen and oxygen atoms in total. The molecule has 9 heteroatoms. The maximum atomic E-state index is 12.9. The van der Waals surface area contributed by atoms with Gasteiger partial charge in [0, 0.05) is 4.88 Å². The van der Waals surface area contributed by atoms with Crippen LogP contribution in [0.3, 0.4) is 0 Å². The summed E-state index contributed by atoms with van der Waals surface area (Å²) in [6.07, 6.45) is 9.52. The summed E-state index contributed by atoms with van der Waals surface area (Å²) in [7, 11) is 0. The topological polar surface area (TPSA) is 108 Å². The normalized spacial score (nSPS) is 25.7. The summed E-state index contributed by atoms with van der Waals surface area (Å²) in [6.45, 7) is 1.72. The standard InChI is InChI=1S/C22H30N4O4S/c1-2-14-8-10-22(11-9-14)20(29)26(21(30)23-22)13-18(27)24-25-19(28)17-12-15-6-4-3-5-7-16(15)31-17/h12,14H,2-11,13H2,1H3,(H,23,30)(H,24,27)(H,25,28). The number of amides is 5. The van der Waals surface area contributed by atoms with Gasteiger partial charge in [0.25, 0.3) is 17.7 Å². The number of carbonyl (C=O) groups is 4. The number of urea groups is 1. The molecule has 1 aromatic heterocycles. The average Bonchev–Trinajstić information content (AvgIpc) is 3.17. The van der Waals surface area contributed by atoms with Gasteiger partial charge in [-0.25, -0.2) is 4.79 Å². The fraction of sp³-hybridized carbons (Fsp3) is 0.636. The van der Waals surface area contributed by atoms with Gasteiger partial charge in [-0.2, -0.15) is 0 Å². The lowest BCUT2D eigenvalue weighted by atomic mass is 9.75. The van der Waals surface area contributed by atoms with E-state index in [1.165, 1.54) is 28.2 Å². The van der Waals surface area contributed by atoms with E-state index in [9.17, 15) is 19.2 Å². The number of thiophene rings is 1. The van der Waals surface area contributed by atoms with Gasteiger partial charge >= 0.3 is 6.03 Å². The molecule has 31 heavy (non-hydrogen) atoms. The van der Waals surface area contributed by atoms with Crippen molar-refractivity contribution < 1.29 is 19.2 Å². The van der Waals surface area contributed by atoms with Crippen molar-refractivity contribution in [3.8, 4) is 0 Å². The first-order valence-electron chi connectivity index (χ1n) is 11.3. The highest BCUT2D eigenvalue weighted by Crippen LogP contribution is 2.37. The van der Waals surface area contributed by atoms with Gasteiger partial charge in [-0.05, 0) is 68.9 Å². The predicted octanol–water partition coefficient (Wildman–Crippen LogP) is 2.67. The van der Waals surface area contributed by atoms with Gasteiger partial charge in [0.15, 0.2) is 0 Å². The number of hydrazine groups is 1. The minimum absolute atomic E-state index is 0.337. The third-order valence-corrected chi connectivity index (χ3v) is 8.11. The lowest BCUT2D eigenvalue weighted by Gasteiger charge is -2.34. The second kappa shape index (κ2) is 8.98. The fourth-order valence-corrected chi connectivity index (χ4v) is 6.04. The second-order valence-electron chi connectivity index (χ2n) is 8.88. The lowest BCUT2D eigenvalue weighted by Crippen LogP contribution is -2.51. The molecule has 1 saturated heterocycles. The molecule has 3 N–H and O–H groups in total. The highest BCUT2D eigenvalue weighted by molar-refractivity contribution is 7.14. The number of fused-ring (bicyclic) bond motifs is 1. The molecule has 0 atom stereocenters. The maximum absolute atomic E-state index is 12.9. The van der Waals surface area contributed by atoms with E-state index in [0.717, 1.165) is 49.8 Å². The molecule has 1 spiro atoms. The third-order valence-electron chi connectivity index (χ3n) is 6.87. The Balaban J connectivity index is 1.30. The molecule has 0 radical (unpaired) electrons. The van der Waals surface area contributed by atoms with Crippen LogP contribution in [-0.4, -0.2) is 40.7 Å². The van der Waals surface area contributed by atoms with Crippen LogP contribution in [0.4, 0.5) is 4.79 Å². The van der Waals surface area contributed by atoms with E-state index in [-0.39, 0.29) is 11.8 Å². The first kappa shape index (κ1) is 21.8. The Bertz CT molecular complexity index is 865. The van der Waals surface area contributed by atoms with Gasteiger partial charge in [-0.15, -0.1) is 11.3 Å². The summed E-state index contributed by atoms with van der Waals surface area (Å²) in [5.41, 5.74) is 5.11. The number of hydrogen-bond donors (Lipinski definition) is 3. The Labute approximate surface area is 186 Å². The molecule has 5 amide bonds. The number of hydrogen-bond acceptors (Lipinski definition) is 5. The van der Waals surface area contributed by atoms with Crippen LogP contribution in [0.1, 0.15) is 78.4 Å². The Hall–Kier alpha value is -2.42. The molecule has 1 saturated carbocycles. The molecule has 3 aliphatic rings. The number of nitrogens with one attached hydrogen (secondary N) is 3. The number of nitrogens with zero attached hydrogens (tertiary/aromatic N) is 1. The minimum Gasteiger partial charge on any atom is -0.323 e. The van der Waals surface area contributed by atoms with Crippen molar-refractivity contribution in [2.75, 3.05) is 6.54 Å². The third kappa shape index (κ3) is 4.46. The summed E-state index contributed by atoms with van der Waals surface area (Å²) in [5.74, 6) is -0.738.